The number of aliphatic hydroxyl groups is 3. The van der Waals surface area contributed by atoms with Crippen LogP contribution in [0.25, 0.3) is 21.3 Å². The summed E-state index contributed by atoms with van der Waals surface area (Å²) >= 11 is 1.54. The minimum atomic E-state index is -1.15. The van der Waals surface area contributed by atoms with Crippen LogP contribution in [-0.4, -0.2) is 49.6 Å². The summed E-state index contributed by atoms with van der Waals surface area (Å²) in [6.45, 7) is 0. The molecule has 0 aliphatic heterocycles. The maximum absolute atomic E-state index is 10.3. The molecule has 2 heterocycles. The lowest BCUT2D eigenvalue weighted by Crippen LogP contribution is -2.52. The zero-order valence-corrected chi connectivity index (χ0v) is 14.2. The van der Waals surface area contributed by atoms with Crippen LogP contribution in [0, 0.1) is 0 Å². The molecule has 1 aliphatic rings. The third kappa shape index (κ3) is 3.00. The van der Waals surface area contributed by atoms with Gasteiger partial charge in [0, 0.05) is 10.9 Å². The van der Waals surface area contributed by atoms with E-state index in [2.05, 4.69) is 20.7 Å². The lowest BCUT2D eigenvalue weighted by atomic mass is 9.87. The molecule has 1 saturated carbocycles. The molecule has 7 heteroatoms. The molecule has 2 aromatic heterocycles. The molecule has 130 valence electrons. The lowest BCUT2D eigenvalue weighted by Gasteiger charge is -2.35. The van der Waals surface area contributed by atoms with Crippen LogP contribution in [0.15, 0.2) is 42.0 Å². The van der Waals surface area contributed by atoms with Gasteiger partial charge in [0.1, 0.15) is 29.2 Å². The van der Waals surface area contributed by atoms with Crippen LogP contribution in [0.3, 0.4) is 0 Å². The van der Waals surface area contributed by atoms with E-state index in [1.165, 1.54) is 6.33 Å². The summed E-state index contributed by atoms with van der Waals surface area (Å²) in [7, 11) is 0. The van der Waals surface area contributed by atoms with E-state index in [0.717, 1.165) is 21.3 Å². The van der Waals surface area contributed by atoms with Crippen LogP contribution in [-0.2, 0) is 0 Å². The maximum atomic E-state index is 10.3. The highest BCUT2D eigenvalue weighted by molar-refractivity contribution is 7.17. The van der Waals surface area contributed by atoms with E-state index in [-0.39, 0.29) is 6.04 Å². The number of aromatic nitrogens is 2. The van der Waals surface area contributed by atoms with Crippen LogP contribution >= 0.6 is 11.3 Å². The number of anilines is 1. The molecule has 4 atom stereocenters. The molecule has 0 radical (unpaired) electrons. The van der Waals surface area contributed by atoms with Gasteiger partial charge in [0.15, 0.2) is 0 Å². The molecule has 6 nitrogen and oxygen atoms in total. The van der Waals surface area contributed by atoms with E-state index in [0.29, 0.717) is 18.7 Å². The Labute approximate surface area is 148 Å². The second-order valence-corrected chi connectivity index (χ2v) is 7.15. The average molecular weight is 357 g/mol. The van der Waals surface area contributed by atoms with Gasteiger partial charge >= 0.3 is 0 Å². The van der Waals surface area contributed by atoms with Gasteiger partial charge in [0.05, 0.1) is 17.5 Å². The molecule has 3 aromatic rings. The van der Waals surface area contributed by atoms with Crippen LogP contribution in [0.4, 0.5) is 5.82 Å². The molecule has 0 bridgehead atoms. The van der Waals surface area contributed by atoms with Crippen molar-refractivity contribution in [2.75, 3.05) is 5.32 Å². The van der Waals surface area contributed by atoms with Gasteiger partial charge in [-0.05, 0) is 18.4 Å². The predicted octanol–water partition coefficient (Wildman–Crippen LogP) is 2.02. The summed E-state index contributed by atoms with van der Waals surface area (Å²) in [5.41, 5.74) is 2.11. The van der Waals surface area contributed by atoms with Crippen molar-refractivity contribution in [1.82, 2.24) is 9.97 Å². The molecule has 0 saturated heterocycles. The van der Waals surface area contributed by atoms with Crippen LogP contribution in [0.2, 0.25) is 0 Å². The van der Waals surface area contributed by atoms with Gasteiger partial charge in [-0.2, -0.15) is 0 Å². The van der Waals surface area contributed by atoms with Gasteiger partial charge < -0.3 is 20.6 Å². The molecule has 25 heavy (non-hydrogen) atoms. The summed E-state index contributed by atoms with van der Waals surface area (Å²) < 4.78 is 0. The Kier molecular flexibility index (Phi) is 4.39. The highest BCUT2D eigenvalue weighted by Crippen LogP contribution is 2.37. The van der Waals surface area contributed by atoms with Crippen molar-refractivity contribution in [3.8, 4) is 11.1 Å². The Balaban J connectivity index is 1.72. The van der Waals surface area contributed by atoms with Gasteiger partial charge in [0.25, 0.3) is 0 Å². The fourth-order valence-corrected chi connectivity index (χ4v) is 4.22. The normalized spacial score (nSPS) is 26.7. The Morgan fingerprint density at radius 3 is 2.60 bits per heavy atom. The molecule has 1 fully saturated rings. The molecular weight excluding hydrogens is 338 g/mol. The van der Waals surface area contributed by atoms with Gasteiger partial charge in [0.2, 0.25) is 0 Å². The molecule has 1 aromatic carbocycles. The summed E-state index contributed by atoms with van der Waals surface area (Å²) in [5, 5.41) is 36.1. The first-order valence-corrected chi connectivity index (χ1v) is 9.11. The van der Waals surface area contributed by atoms with Crippen LogP contribution in [0.1, 0.15) is 12.8 Å². The quantitative estimate of drug-likeness (QED) is 0.572. The first-order chi connectivity index (χ1) is 12.1. The van der Waals surface area contributed by atoms with Gasteiger partial charge in [-0.3, -0.25) is 0 Å². The van der Waals surface area contributed by atoms with E-state index < -0.39 is 18.3 Å². The Morgan fingerprint density at radius 2 is 1.80 bits per heavy atom. The molecule has 4 rings (SSSR count). The van der Waals surface area contributed by atoms with Crippen LogP contribution < -0.4 is 5.32 Å². The monoisotopic (exact) mass is 357 g/mol. The number of aliphatic hydroxyl groups excluding tert-OH is 3. The number of benzene rings is 1. The molecular formula is C18H19N3O3S. The van der Waals surface area contributed by atoms with Gasteiger partial charge in [-0.1, -0.05) is 30.3 Å². The average Bonchev–Trinajstić information content (AvgIpc) is 3.08. The minimum Gasteiger partial charge on any atom is -0.390 e. The number of nitrogens with one attached hydrogen (secondary N) is 1. The molecule has 0 unspecified atom stereocenters. The Hall–Kier alpha value is -2.06. The molecule has 4 N–H and O–H groups in total. The van der Waals surface area contributed by atoms with Crippen LogP contribution in [0.5, 0.6) is 0 Å². The summed E-state index contributed by atoms with van der Waals surface area (Å²) in [5.74, 6) is 0.637. The lowest BCUT2D eigenvalue weighted by molar-refractivity contribution is -0.0893. The van der Waals surface area contributed by atoms with Crippen molar-refractivity contribution in [3.05, 3.63) is 42.0 Å². The van der Waals surface area contributed by atoms with Crippen molar-refractivity contribution in [2.45, 2.75) is 37.2 Å². The summed E-state index contributed by atoms with van der Waals surface area (Å²) in [4.78, 5) is 9.57. The SMILES string of the molecule is O[C@@H]1[C@H](O)[C@@H](Nc2ncnc3scc(-c4ccccc4)c23)CC[C@H]1O. The molecule has 0 amide bonds. The number of hydrogen-bond acceptors (Lipinski definition) is 7. The fraction of sp³-hybridized carbons (Fsp3) is 0.333. The van der Waals surface area contributed by atoms with Crippen molar-refractivity contribution in [3.63, 3.8) is 0 Å². The zero-order valence-electron chi connectivity index (χ0n) is 13.4. The third-order valence-corrected chi connectivity index (χ3v) is 5.59. The van der Waals surface area contributed by atoms with E-state index >= 15 is 0 Å². The van der Waals surface area contributed by atoms with Crippen molar-refractivity contribution in [2.24, 2.45) is 0 Å². The summed E-state index contributed by atoms with van der Waals surface area (Å²) in [6.07, 6.45) is -0.613. The van der Waals surface area contributed by atoms with E-state index in [1.54, 1.807) is 11.3 Å². The van der Waals surface area contributed by atoms with Crippen molar-refractivity contribution >= 4 is 27.4 Å². The first-order valence-electron chi connectivity index (χ1n) is 8.23. The highest BCUT2D eigenvalue weighted by atomic mass is 32.1. The third-order valence-electron chi connectivity index (χ3n) is 4.71. The minimum absolute atomic E-state index is 0.375. The Morgan fingerprint density at radius 1 is 1.00 bits per heavy atom. The number of nitrogens with zero attached hydrogens (tertiary/aromatic N) is 2. The maximum Gasteiger partial charge on any atom is 0.139 e. The van der Waals surface area contributed by atoms with Gasteiger partial charge in [-0.15, -0.1) is 11.3 Å². The van der Waals surface area contributed by atoms with E-state index in [9.17, 15) is 15.3 Å². The number of thiophene rings is 1. The van der Waals surface area contributed by atoms with Crippen molar-refractivity contribution in [1.29, 1.82) is 0 Å². The standard InChI is InChI=1S/C18H19N3O3S/c22-13-7-6-12(15(23)16(13)24)21-17-14-11(10-4-2-1-3-5-10)8-25-18(14)20-9-19-17/h1-5,8-9,12-13,15-16,22-24H,6-7H2,(H,19,20,21)/t12-,13+,15+,16-/m0/s1. The number of rotatable bonds is 3. The predicted molar refractivity (Wildman–Crippen MR) is 97.5 cm³/mol. The Bertz CT molecular complexity index is 870. The molecule has 0 spiro atoms. The van der Waals surface area contributed by atoms with Crippen molar-refractivity contribution < 1.29 is 15.3 Å². The molecule has 1 aliphatic carbocycles. The fourth-order valence-electron chi connectivity index (χ4n) is 3.31. The second-order valence-electron chi connectivity index (χ2n) is 6.29. The number of fused-ring (bicyclic) bond motifs is 1. The highest BCUT2D eigenvalue weighted by Gasteiger charge is 2.36. The first kappa shape index (κ1) is 16.4. The number of hydrogen-bond donors (Lipinski definition) is 4. The van der Waals surface area contributed by atoms with E-state index in [1.807, 2.05) is 30.3 Å². The van der Waals surface area contributed by atoms with Gasteiger partial charge in [-0.25, -0.2) is 9.97 Å². The largest absolute Gasteiger partial charge is 0.390 e. The zero-order chi connectivity index (χ0) is 17.4. The smallest absolute Gasteiger partial charge is 0.139 e. The second kappa shape index (κ2) is 6.68. The van der Waals surface area contributed by atoms with E-state index in [4.69, 9.17) is 0 Å². The topological polar surface area (TPSA) is 98.5 Å². The summed E-state index contributed by atoms with van der Waals surface area (Å²) in [6, 6.07) is 9.64.